The SMILES string of the molecule is CCNC(Cc1cc2c(s1)CCCC2)C(=O)O. The number of likely N-dealkylation sites (N-methyl/N-ethyl adjacent to an activating group) is 1. The van der Waals surface area contributed by atoms with Crippen LogP contribution in [0, 0.1) is 0 Å². The molecule has 1 atom stereocenters. The van der Waals surface area contributed by atoms with Gasteiger partial charge >= 0.3 is 5.97 Å². The molecule has 0 amide bonds. The molecule has 2 N–H and O–H groups in total. The number of aryl methyl sites for hydroxylation is 2. The number of hydrogen-bond donors (Lipinski definition) is 2. The fourth-order valence-corrected chi connectivity index (χ4v) is 3.65. The highest BCUT2D eigenvalue weighted by molar-refractivity contribution is 7.12. The first kappa shape index (κ1) is 12.6. The van der Waals surface area contributed by atoms with Gasteiger partial charge in [-0.15, -0.1) is 11.3 Å². The molecule has 3 nitrogen and oxygen atoms in total. The van der Waals surface area contributed by atoms with Crippen molar-refractivity contribution < 1.29 is 9.90 Å². The number of fused-ring (bicyclic) bond motifs is 1. The van der Waals surface area contributed by atoms with Gasteiger partial charge in [-0.3, -0.25) is 4.79 Å². The summed E-state index contributed by atoms with van der Waals surface area (Å²) in [6, 6.07) is 1.77. The molecule has 2 rings (SSSR count). The molecular formula is C13H19NO2S. The van der Waals surface area contributed by atoms with Crippen LogP contribution in [0.5, 0.6) is 0 Å². The molecule has 1 aromatic heterocycles. The first-order valence-corrected chi connectivity index (χ1v) is 7.09. The van der Waals surface area contributed by atoms with E-state index in [1.165, 1.54) is 41.0 Å². The largest absolute Gasteiger partial charge is 0.480 e. The number of carboxylic acids is 1. The van der Waals surface area contributed by atoms with Crippen LogP contribution in [0.4, 0.5) is 0 Å². The summed E-state index contributed by atoms with van der Waals surface area (Å²) < 4.78 is 0. The van der Waals surface area contributed by atoms with E-state index in [1.807, 2.05) is 6.92 Å². The second-order valence-electron chi connectivity index (χ2n) is 4.52. The molecule has 1 aliphatic rings. The van der Waals surface area contributed by atoms with Gasteiger partial charge in [0.15, 0.2) is 0 Å². The monoisotopic (exact) mass is 253 g/mol. The average Bonchev–Trinajstić information content (AvgIpc) is 2.70. The van der Waals surface area contributed by atoms with E-state index in [4.69, 9.17) is 5.11 Å². The van der Waals surface area contributed by atoms with E-state index in [2.05, 4.69) is 11.4 Å². The Hall–Kier alpha value is -0.870. The lowest BCUT2D eigenvalue weighted by molar-refractivity contribution is -0.139. The molecule has 0 aromatic carbocycles. The summed E-state index contributed by atoms with van der Waals surface area (Å²) in [5, 5.41) is 12.1. The Morgan fingerprint density at radius 2 is 2.29 bits per heavy atom. The van der Waals surface area contributed by atoms with Crippen molar-refractivity contribution in [3.05, 3.63) is 21.4 Å². The van der Waals surface area contributed by atoms with Gasteiger partial charge in [0.2, 0.25) is 0 Å². The maximum absolute atomic E-state index is 11.1. The molecule has 1 heterocycles. The second kappa shape index (κ2) is 5.65. The van der Waals surface area contributed by atoms with Crippen molar-refractivity contribution in [1.29, 1.82) is 0 Å². The number of nitrogens with one attached hydrogen (secondary N) is 1. The fraction of sp³-hybridized carbons (Fsp3) is 0.615. The summed E-state index contributed by atoms with van der Waals surface area (Å²) in [5.41, 5.74) is 1.46. The predicted octanol–water partition coefficient (Wildman–Crippen LogP) is 2.23. The van der Waals surface area contributed by atoms with E-state index in [1.54, 1.807) is 11.3 Å². The lowest BCUT2D eigenvalue weighted by Crippen LogP contribution is -2.38. The molecular weight excluding hydrogens is 234 g/mol. The second-order valence-corrected chi connectivity index (χ2v) is 5.74. The highest BCUT2D eigenvalue weighted by atomic mass is 32.1. The normalized spacial score (nSPS) is 16.5. The summed E-state index contributed by atoms with van der Waals surface area (Å²) in [6.07, 6.45) is 5.52. The Morgan fingerprint density at radius 3 is 2.94 bits per heavy atom. The molecule has 1 aliphatic carbocycles. The van der Waals surface area contributed by atoms with Crippen molar-refractivity contribution in [1.82, 2.24) is 5.32 Å². The van der Waals surface area contributed by atoms with Crippen LogP contribution in [0.2, 0.25) is 0 Å². The molecule has 1 aromatic rings. The summed E-state index contributed by atoms with van der Waals surface area (Å²) in [7, 11) is 0. The summed E-state index contributed by atoms with van der Waals surface area (Å²) >= 11 is 1.80. The first-order valence-electron chi connectivity index (χ1n) is 6.27. The van der Waals surface area contributed by atoms with Crippen molar-refractivity contribution in [2.24, 2.45) is 0 Å². The van der Waals surface area contributed by atoms with Crippen molar-refractivity contribution >= 4 is 17.3 Å². The van der Waals surface area contributed by atoms with Crippen LogP contribution in [0.25, 0.3) is 0 Å². The molecule has 17 heavy (non-hydrogen) atoms. The Balaban J connectivity index is 2.06. The van der Waals surface area contributed by atoms with Gasteiger partial charge in [-0.2, -0.15) is 0 Å². The van der Waals surface area contributed by atoms with Crippen LogP contribution in [-0.4, -0.2) is 23.7 Å². The van der Waals surface area contributed by atoms with Crippen LogP contribution in [0.1, 0.15) is 35.1 Å². The minimum Gasteiger partial charge on any atom is -0.480 e. The van der Waals surface area contributed by atoms with Gasteiger partial charge in [0.25, 0.3) is 0 Å². The van der Waals surface area contributed by atoms with E-state index in [0.717, 1.165) is 0 Å². The minimum absolute atomic E-state index is 0.444. The Bertz CT molecular complexity index is 377. The van der Waals surface area contributed by atoms with Gasteiger partial charge in [0, 0.05) is 16.2 Å². The van der Waals surface area contributed by atoms with Crippen LogP contribution in [0.15, 0.2) is 6.07 Å². The average molecular weight is 253 g/mol. The molecule has 0 saturated carbocycles. The number of hydrogen-bond acceptors (Lipinski definition) is 3. The van der Waals surface area contributed by atoms with Gasteiger partial charge in [0.05, 0.1) is 0 Å². The van der Waals surface area contributed by atoms with Crippen molar-refractivity contribution in [3.63, 3.8) is 0 Å². The summed E-state index contributed by atoms with van der Waals surface area (Å²) in [4.78, 5) is 13.8. The third-order valence-corrected chi connectivity index (χ3v) is 4.46. The zero-order valence-electron chi connectivity index (χ0n) is 10.2. The number of thiophene rings is 1. The Kier molecular flexibility index (Phi) is 4.18. The van der Waals surface area contributed by atoms with Gasteiger partial charge in [-0.05, 0) is 43.9 Å². The zero-order valence-corrected chi connectivity index (χ0v) is 11.0. The zero-order chi connectivity index (χ0) is 12.3. The number of rotatable bonds is 5. The van der Waals surface area contributed by atoms with E-state index >= 15 is 0 Å². The van der Waals surface area contributed by atoms with Crippen LogP contribution in [-0.2, 0) is 24.1 Å². The van der Waals surface area contributed by atoms with Crippen LogP contribution < -0.4 is 5.32 Å². The van der Waals surface area contributed by atoms with Gasteiger partial charge in [-0.1, -0.05) is 6.92 Å². The number of aliphatic carboxylic acids is 1. The molecule has 94 valence electrons. The molecule has 0 fully saturated rings. The van der Waals surface area contributed by atoms with Crippen molar-refractivity contribution in [2.45, 2.75) is 45.1 Å². The maximum Gasteiger partial charge on any atom is 0.321 e. The lowest BCUT2D eigenvalue weighted by atomic mass is 9.99. The third-order valence-electron chi connectivity index (χ3n) is 3.20. The molecule has 0 radical (unpaired) electrons. The predicted molar refractivity (Wildman–Crippen MR) is 69.8 cm³/mol. The standard InChI is InChI=1S/C13H19NO2S/c1-2-14-11(13(15)16)8-10-7-9-5-3-4-6-12(9)17-10/h7,11,14H,2-6,8H2,1H3,(H,15,16). The highest BCUT2D eigenvalue weighted by Crippen LogP contribution is 2.30. The van der Waals surface area contributed by atoms with Crippen LogP contribution in [0.3, 0.4) is 0 Å². The topological polar surface area (TPSA) is 49.3 Å². The number of carbonyl (C=O) groups is 1. The summed E-state index contributed by atoms with van der Waals surface area (Å²) in [5.74, 6) is -0.752. The highest BCUT2D eigenvalue weighted by Gasteiger charge is 2.20. The smallest absolute Gasteiger partial charge is 0.321 e. The van der Waals surface area contributed by atoms with E-state index in [-0.39, 0.29) is 0 Å². The quantitative estimate of drug-likeness (QED) is 0.846. The van der Waals surface area contributed by atoms with Crippen LogP contribution >= 0.6 is 11.3 Å². The minimum atomic E-state index is -0.752. The summed E-state index contributed by atoms with van der Waals surface area (Å²) in [6.45, 7) is 2.64. The van der Waals surface area contributed by atoms with Gasteiger partial charge in [-0.25, -0.2) is 0 Å². The van der Waals surface area contributed by atoms with Gasteiger partial charge < -0.3 is 10.4 Å². The maximum atomic E-state index is 11.1. The third kappa shape index (κ3) is 3.07. The molecule has 1 unspecified atom stereocenters. The molecule has 0 aliphatic heterocycles. The van der Waals surface area contributed by atoms with E-state index in [9.17, 15) is 4.79 Å². The van der Waals surface area contributed by atoms with E-state index < -0.39 is 12.0 Å². The number of carboxylic acid groups (broad SMARTS) is 1. The molecule has 0 bridgehead atoms. The molecule has 0 saturated heterocycles. The van der Waals surface area contributed by atoms with Crippen molar-refractivity contribution in [3.8, 4) is 0 Å². The molecule has 0 spiro atoms. The Morgan fingerprint density at radius 1 is 1.53 bits per heavy atom. The lowest BCUT2D eigenvalue weighted by Gasteiger charge is -2.11. The molecule has 4 heteroatoms. The Labute approximate surface area is 106 Å². The first-order chi connectivity index (χ1) is 8.20. The fourth-order valence-electron chi connectivity index (χ4n) is 2.35. The van der Waals surface area contributed by atoms with Gasteiger partial charge in [0.1, 0.15) is 6.04 Å². The van der Waals surface area contributed by atoms with E-state index in [0.29, 0.717) is 13.0 Å². The van der Waals surface area contributed by atoms with Crippen molar-refractivity contribution in [2.75, 3.05) is 6.54 Å².